The monoisotopic (exact) mass is 471 g/mol. The van der Waals surface area contributed by atoms with Crippen molar-refractivity contribution in [1.29, 1.82) is 0 Å². The highest BCUT2D eigenvalue weighted by Gasteiger charge is 2.25. The van der Waals surface area contributed by atoms with Gasteiger partial charge in [0.25, 0.3) is 11.6 Å². The predicted octanol–water partition coefficient (Wildman–Crippen LogP) is 4.67. The van der Waals surface area contributed by atoms with Crippen molar-refractivity contribution in [2.45, 2.75) is 26.3 Å². The molecule has 0 aliphatic carbocycles. The third-order valence-corrected chi connectivity index (χ3v) is 5.25. The number of nitro benzene ring substituents is 1. The standard InChI is InChI=1S/C20H20Cl3N3O4/c1-11(2)18(20(28)24-8-7-12-3-4-13(21)9-16(12)22)25-19(27)15-6-5-14(26(29)30)10-17(15)23/h3-6,9-11,18H,7-8H2,1-2H3,(H,24,28)(H,25,27). The predicted molar refractivity (Wildman–Crippen MR) is 117 cm³/mol. The van der Waals surface area contributed by atoms with E-state index in [1.165, 1.54) is 12.1 Å². The van der Waals surface area contributed by atoms with E-state index >= 15 is 0 Å². The zero-order chi connectivity index (χ0) is 22.4. The van der Waals surface area contributed by atoms with Crippen molar-refractivity contribution in [2.75, 3.05) is 6.54 Å². The van der Waals surface area contributed by atoms with Crippen LogP contribution in [0.25, 0.3) is 0 Å². The van der Waals surface area contributed by atoms with Gasteiger partial charge < -0.3 is 10.6 Å². The van der Waals surface area contributed by atoms with Gasteiger partial charge in [-0.15, -0.1) is 0 Å². The lowest BCUT2D eigenvalue weighted by Gasteiger charge is -2.22. The quantitative estimate of drug-likeness (QED) is 0.430. The van der Waals surface area contributed by atoms with Crippen LogP contribution >= 0.6 is 34.8 Å². The van der Waals surface area contributed by atoms with Gasteiger partial charge in [-0.3, -0.25) is 19.7 Å². The van der Waals surface area contributed by atoms with E-state index < -0.39 is 16.9 Å². The van der Waals surface area contributed by atoms with Crippen molar-refractivity contribution in [3.63, 3.8) is 0 Å². The van der Waals surface area contributed by atoms with Crippen LogP contribution in [0.15, 0.2) is 36.4 Å². The molecule has 2 amide bonds. The van der Waals surface area contributed by atoms with E-state index in [2.05, 4.69) is 10.6 Å². The molecule has 2 N–H and O–H groups in total. The van der Waals surface area contributed by atoms with E-state index in [0.717, 1.165) is 11.6 Å². The van der Waals surface area contributed by atoms with Gasteiger partial charge in [0.2, 0.25) is 5.91 Å². The van der Waals surface area contributed by atoms with Crippen LogP contribution in [0.3, 0.4) is 0 Å². The lowest BCUT2D eigenvalue weighted by Crippen LogP contribution is -2.50. The van der Waals surface area contributed by atoms with Crippen LogP contribution in [-0.2, 0) is 11.2 Å². The largest absolute Gasteiger partial charge is 0.354 e. The van der Waals surface area contributed by atoms with Gasteiger partial charge in [-0.2, -0.15) is 0 Å². The number of amides is 2. The number of hydrogen-bond acceptors (Lipinski definition) is 4. The molecule has 0 bridgehead atoms. The minimum atomic E-state index is -0.815. The maximum atomic E-state index is 12.6. The van der Waals surface area contributed by atoms with Crippen molar-refractivity contribution >= 4 is 52.3 Å². The second kappa shape index (κ2) is 10.6. The Morgan fingerprint density at radius 1 is 1.07 bits per heavy atom. The molecule has 0 radical (unpaired) electrons. The first kappa shape index (κ1) is 23.9. The van der Waals surface area contributed by atoms with E-state index in [1.54, 1.807) is 32.0 Å². The van der Waals surface area contributed by atoms with Crippen LogP contribution in [-0.4, -0.2) is 29.3 Å². The molecule has 1 unspecified atom stereocenters. The van der Waals surface area contributed by atoms with Crippen LogP contribution in [0, 0.1) is 16.0 Å². The van der Waals surface area contributed by atoms with Crippen LogP contribution < -0.4 is 10.6 Å². The first-order valence-electron chi connectivity index (χ1n) is 9.06. The lowest BCUT2D eigenvalue weighted by molar-refractivity contribution is -0.384. The molecule has 0 saturated carbocycles. The summed E-state index contributed by atoms with van der Waals surface area (Å²) in [7, 11) is 0. The molecular formula is C20H20Cl3N3O4. The van der Waals surface area contributed by atoms with Crippen LogP contribution in [0.1, 0.15) is 29.8 Å². The number of hydrogen-bond donors (Lipinski definition) is 2. The number of non-ortho nitro benzene ring substituents is 1. The molecule has 1 atom stereocenters. The van der Waals surface area contributed by atoms with Crippen LogP contribution in [0.5, 0.6) is 0 Å². The molecule has 0 heterocycles. The topological polar surface area (TPSA) is 101 Å². The Morgan fingerprint density at radius 2 is 1.77 bits per heavy atom. The first-order valence-corrected chi connectivity index (χ1v) is 10.2. The number of nitrogens with zero attached hydrogens (tertiary/aromatic N) is 1. The molecule has 0 aliphatic rings. The normalized spacial score (nSPS) is 11.8. The fourth-order valence-electron chi connectivity index (χ4n) is 2.71. The van der Waals surface area contributed by atoms with Gasteiger partial charge in [-0.25, -0.2) is 0 Å². The molecule has 10 heteroatoms. The Bertz CT molecular complexity index is 966. The summed E-state index contributed by atoms with van der Waals surface area (Å²) >= 11 is 18.0. The number of halogens is 3. The zero-order valence-corrected chi connectivity index (χ0v) is 18.5. The summed E-state index contributed by atoms with van der Waals surface area (Å²) < 4.78 is 0. The molecule has 0 spiro atoms. The summed E-state index contributed by atoms with van der Waals surface area (Å²) in [4.78, 5) is 35.4. The minimum absolute atomic E-state index is 0.0497. The van der Waals surface area contributed by atoms with E-state index in [0.29, 0.717) is 23.0 Å². The molecule has 7 nitrogen and oxygen atoms in total. The van der Waals surface area contributed by atoms with Gasteiger partial charge in [0.05, 0.1) is 15.5 Å². The molecule has 2 aromatic rings. The number of carbonyl (C=O) groups is 2. The third-order valence-electron chi connectivity index (χ3n) is 4.35. The van der Waals surface area contributed by atoms with Gasteiger partial charge in [-0.05, 0) is 36.1 Å². The Kier molecular flexibility index (Phi) is 8.46. The van der Waals surface area contributed by atoms with Crippen LogP contribution in [0.4, 0.5) is 5.69 Å². The average Bonchev–Trinajstić information content (AvgIpc) is 2.67. The molecule has 0 fully saturated rings. The molecule has 0 aliphatic heterocycles. The summed E-state index contributed by atoms with van der Waals surface area (Å²) in [5.74, 6) is -1.16. The van der Waals surface area contributed by atoms with E-state index in [4.69, 9.17) is 34.8 Å². The lowest BCUT2D eigenvalue weighted by atomic mass is 10.0. The maximum Gasteiger partial charge on any atom is 0.270 e. The van der Waals surface area contributed by atoms with Gasteiger partial charge >= 0.3 is 0 Å². The summed E-state index contributed by atoms with van der Waals surface area (Å²) in [5, 5.41) is 17.2. The van der Waals surface area contributed by atoms with E-state index in [1.807, 2.05) is 0 Å². The fourth-order valence-corrected chi connectivity index (χ4v) is 3.47. The summed E-state index contributed by atoms with van der Waals surface area (Å²) in [6, 6.07) is 7.85. The molecule has 2 rings (SSSR count). The number of benzene rings is 2. The first-order chi connectivity index (χ1) is 14.1. The van der Waals surface area contributed by atoms with Crippen molar-refractivity contribution in [3.8, 4) is 0 Å². The molecule has 0 aromatic heterocycles. The smallest absolute Gasteiger partial charge is 0.270 e. The Labute approximate surface area is 188 Å². The number of carbonyl (C=O) groups excluding carboxylic acids is 2. The van der Waals surface area contributed by atoms with Gasteiger partial charge in [0, 0.05) is 28.7 Å². The highest BCUT2D eigenvalue weighted by molar-refractivity contribution is 6.35. The summed E-state index contributed by atoms with van der Waals surface area (Å²) in [6.07, 6.45) is 0.495. The molecule has 160 valence electrons. The minimum Gasteiger partial charge on any atom is -0.354 e. The number of nitrogens with one attached hydrogen (secondary N) is 2. The fraction of sp³-hybridized carbons (Fsp3) is 0.300. The van der Waals surface area contributed by atoms with Gasteiger partial charge in [0.1, 0.15) is 6.04 Å². The average molecular weight is 473 g/mol. The molecule has 2 aromatic carbocycles. The van der Waals surface area contributed by atoms with Crippen molar-refractivity contribution in [2.24, 2.45) is 5.92 Å². The maximum absolute atomic E-state index is 12.6. The van der Waals surface area contributed by atoms with Gasteiger partial charge in [-0.1, -0.05) is 54.7 Å². The van der Waals surface area contributed by atoms with Gasteiger partial charge in [0.15, 0.2) is 0 Å². The number of nitro groups is 1. The second-order valence-corrected chi connectivity index (χ2v) is 8.14. The zero-order valence-electron chi connectivity index (χ0n) is 16.2. The molecule has 30 heavy (non-hydrogen) atoms. The molecule has 0 saturated heterocycles. The summed E-state index contributed by atoms with van der Waals surface area (Å²) in [5.41, 5.74) is 0.661. The highest BCUT2D eigenvalue weighted by atomic mass is 35.5. The number of rotatable bonds is 8. The Balaban J connectivity index is 2.01. The van der Waals surface area contributed by atoms with Crippen LogP contribution in [0.2, 0.25) is 15.1 Å². The van der Waals surface area contributed by atoms with Crippen molar-refractivity contribution in [1.82, 2.24) is 10.6 Å². The SMILES string of the molecule is CC(C)C(NC(=O)c1ccc([N+](=O)[O-])cc1Cl)C(=O)NCCc1ccc(Cl)cc1Cl. The van der Waals surface area contributed by atoms with E-state index in [-0.39, 0.29) is 28.1 Å². The van der Waals surface area contributed by atoms with Crippen molar-refractivity contribution in [3.05, 3.63) is 72.7 Å². The third kappa shape index (κ3) is 6.32. The summed E-state index contributed by atoms with van der Waals surface area (Å²) in [6.45, 7) is 3.90. The Hall–Kier alpha value is -2.35. The van der Waals surface area contributed by atoms with E-state index in [9.17, 15) is 19.7 Å². The second-order valence-electron chi connectivity index (χ2n) is 6.89. The molecular weight excluding hydrogens is 453 g/mol. The highest BCUT2D eigenvalue weighted by Crippen LogP contribution is 2.23. The van der Waals surface area contributed by atoms with Crippen molar-refractivity contribution < 1.29 is 14.5 Å². The Morgan fingerprint density at radius 3 is 2.33 bits per heavy atom.